The summed E-state index contributed by atoms with van der Waals surface area (Å²) in [5.41, 5.74) is 1.94. The molecular formula is C23H29ClN2O3. The number of hydrogen-bond acceptors (Lipinski definition) is 3. The lowest BCUT2D eigenvalue weighted by molar-refractivity contribution is -0.142. The predicted molar refractivity (Wildman–Crippen MR) is 116 cm³/mol. The third-order valence-corrected chi connectivity index (χ3v) is 5.04. The first kappa shape index (κ1) is 22.8. The fourth-order valence-electron chi connectivity index (χ4n) is 3.18. The number of amides is 2. The van der Waals surface area contributed by atoms with Crippen LogP contribution in [-0.2, 0) is 16.1 Å². The summed E-state index contributed by atoms with van der Waals surface area (Å²) in [4.78, 5) is 27.0. The number of carbonyl (C=O) groups excluding carboxylic acids is 2. The summed E-state index contributed by atoms with van der Waals surface area (Å²) in [6.45, 7) is 6.21. The molecule has 2 aromatic carbocycles. The van der Waals surface area contributed by atoms with Gasteiger partial charge in [-0.1, -0.05) is 62.7 Å². The Labute approximate surface area is 178 Å². The van der Waals surface area contributed by atoms with Gasteiger partial charge in [-0.3, -0.25) is 9.59 Å². The number of benzene rings is 2. The first-order chi connectivity index (χ1) is 13.9. The van der Waals surface area contributed by atoms with Gasteiger partial charge in [0.15, 0.2) is 6.61 Å². The standard InChI is InChI=1S/C23H29ClN2O3/c1-5-20(23(28)25-4)26(14-17-10-12-18(24)13-11-17)22(27)15-29-21-9-7-6-8-19(21)16(2)3/h6-13,16,20H,5,14-15H2,1-4H3,(H,25,28). The third-order valence-electron chi connectivity index (χ3n) is 4.79. The van der Waals surface area contributed by atoms with Crippen molar-refractivity contribution in [2.45, 2.75) is 45.7 Å². The van der Waals surface area contributed by atoms with E-state index in [2.05, 4.69) is 19.2 Å². The van der Waals surface area contributed by atoms with Crippen LogP contribution in [0, 0.1) is 0 Å². The second-order valence-corrected chi connectivity index (χ2v) is 7.60. The minimum Gasteiger partial charge on any atom is -0.483 e. The van der Waals surface area contributed by atoms with Gasteiger partial charge in [0.1, 0.15) is 11.8 Å². The first-order valence-corrected chi connectivity index (χ1v) is 10.2. The highest BCUT2D eigenvalue weighted by molar-refractivity contribution is 6.30. The van der Waals surface area contributed by atoms with Gasteiger partial charge in [0.2, 0.25) is 5.91 Å². The molecule has 156 valence electrons. The Hall–Kier alpha value is -2.53. The smallest absolute Gasteiger partial charge is 0.261 e. The third kappa shape index (κ3) is 6.23. The van der Waals surface area contributed by atoms with E-state index in [4.69, 9.17) is 16.3 Å². The van der Waals surface area contributed by atoms with Gasteiger partial charge >= 0.3 is 0 Å². The van der Waals surface area contributed by atoms with Crippen molar-refractivity contribution in [3.63, 3.8) is 0 Å². The molecule has 2 amide bonds. The van der Waals surface area contributed by atoms with Crippen molar-refractivity contribution < 1.29 is 14.3 Å². The van der Waals surface area contributed by atoms with Gasteiger partial charge in [-0.25, -0.2) is 0 Å². The van der Waals surface area contributed by atoms with Gasteiger partial charge in [0.25, 0.3) is 5.91 Å². The highest BCUT2D eigenvalue weighted by atomic mass is 35.5. The Morgan fingerprint density at radius 3 is 2.34 bits per heavy atom. The zero-order chi connectivity index (χ0) is 21.4. The van der Waals surface area contributed by atoms with E-state index in [9.17, 15) is 9.59 Å². The zero-order valence-electron chi connectivity index (χ0n) is 17.4. The van der Waals surface area contributed by atoms with E-state index in [-0.39, 0.29) is 24.3 Å². The maximum absolute atomic E-state index is 13.1. The van der Waals surface area contributed by atoms with Crippen LogP contribution < -0.4 is 10.1 Å². The average molecular weight is 417 g/mol. The number of nitrogens with zero attached hydrogens (tertiary/aromatic N) is 1. The molecule has 0 spiro atoms. The minimum absolute atomic E-state index is 0.134. The summed E-state index contributed by atoms with van der Waals surface area (Å²) in [6.07, 6.45) is 0.502. The minimum atomic E-state index is -0.577. The van der Waals surface area contributed by atoms with Crippen molar-refractivity contribution in [3.8, 4) is 5.75 Å². The fraction of sp³-hybridized carbons (Fsp3) is 0.391. The molecule has 0 fully saturated rings. The van der Waals surface area contributed by atoms with Crippen molar-refractivity contribution >= 4 is 23.4 Å². The van der Waals surface area contributed by atoms with Crippen LogP contribution in [0.2, 0.25) is 5.02 Å². The zero-order valence-corrected chi connectivity index (χ0v) is 18.2. The number of carbonyl (C=O) groups is 2. The topological polar surface area (TPSA) is 58.6 Å². The summed E-state index contributed by atoms with van der Waals surface area (Å²) in [5, 5.41) is 3.27. The molecule has 2 aromatic rings. The molecule has 0 aromatic heterocycles. The molecule has 0 bridgehead atoms. The molecular weight excluding hydrogens is 388 g/mol. The average Bonchev–Trinajstić information content (AvgIpc) is 2.73. The van der Waals surface area contributed by atoms with Crippen LogP contribution in [0.25, 0.3) is 0 Å². The van der Waals surface area contributed by atoms with E-state index >= 15 is 0 Å². The number of ether oxygens (including phenoxy) is 1. The molecule has 29 heavy (non-hydrogen) atoms. The molecule has 0 saturated heterocycles. The number of rotatable bonds is 9. The summed E-state index contributed by atoms with van der Waals surface area (Å²) in [5.74, 6) is 0.530. The van der Waals surface area contributed by atoms with Crippen LogP contribution in [0.5, 0.6) is 5.75 Å². The molecule has 0 aliphatic rings. The highest BCUT2D eigenvalue weighted by Gasteiger charge is 2.28. The molecule has 5 nitrogen and oxygen atoms in total. The van der Waals surface area contributed by atoms with E-state index in [0.29, 0.717) is 23.7 Å². The van der Waals surface area contributed by atoms with Gasteiger partial charge in [-0.05, 0) is 41.7 Å². The van der Waals surface area contributed by atoms with Gasteiger partial charge < -0.3 is 15.0 Å². The lowest BCUT2D eigenvalue weighted by Crippen LogP contribution is -2.49. The normalized spacial score (nSPS) is 11.8. The van der Waals surface area contributed by atoms with Crippen LogP contribution in [0.4, 0.5) is 0 Å². The Balaban J connectivity index is 2.21. The van der Waals surface area contributed by atoms with Crippen LogP contribution in [0.1, 0.15) is 44.2 Å². The molecule has 0 aliphatic carbocycles. The molecule has 0 radical (unpaired) electrons. The van der Waals surface area contributed by atoms with Crippen LogP contribution in [-0.4, -0.2) is 36.4 Å². The summed E-state index contributed by atoms with van der Waals surface area (Å²) in [6, 6.07) is 14.4. The number of para-hydroxylation sites is 1. The SMILES string of the molecule is CCC(C(=O)NC)N(Cc1ccc(Cl)cc1)C(=O)COc1ccccc1C(C)C. The predicted octanol–water partition coefficient (Wildman–Crippen LogP) is 4.40. The molecule has 0 aliphatic heterocycles. The largest absolute Gasteiger partial charge is 0.483 e. The quantitative estimate of drug-likeness (QED) is 0.659. The van der Waals surface area contributed by atoms with Crippen molar-refractivity contribution in [3.05, 3.63) is 64.7 Å². The first-order valence-electron chi connectivity index (χ1n) is 9.84. The van der Waals surface area contributed by atoms with Crippen molar-refractivity contribution in [1.82, 2.24) is 10.2 Å². The Morgan fingerprint density at radius 1 is 1.10 bits per heavy atom. The van der Waals surface area contributed by atoms with E-state index < -0.39 is 6.04 Å². The van der Waals surface area contributed by atoms with Crippen molar-refractivity contribution in [2.75, 3.05) is 13.7 Å². The van der Waals surface area contributed by atoms with Crippen LogP contribution in [0.15, 0.2) is 48.5 Å². The lowest BCUT2D eigenvalue weighted by Gasteiger charge is -2.30. The Kier molecular flexibility index (Phi) is 8.52. The van der Waals surface area contributed by atoms with Crippen LogP contribution >= 0.6 is 11.6 Å². The van der Waals surface area contributed by atoms with E-state index in [0.717, 1.165) is 11.1 Å². The second kappa shape index (κ2) is 10.9. The van der Waals surface area contributed by atoms with Crippen LogP contribution in [0.3, 0.4) is 0 Å². The molecule has 2 rings (SSSR count). The number of hydrogen-bond donors (Lipinski definition) is 1. The van der Waals surface area contributed by atoms with Gasteiger partial charge in [0.05, 0.1) is 0 Å². The molecule has 1 unspecified atom stereocenters. The van der Waals surface area contributed by atoms with Crippen molar-refractivity contribution in [2.24, 2.45) is 0 Å². The van der Waals surface area contributed by atoms with Gasteiger partial charge in [0, 0.05) is 18.6 Å². The second-order valence-electron chi connectivity index (χ2n) is 7.17. The maximum Gasteiger partial charge on any atom is 0.261 e. The molecule has 6 heteroatoms. The fourth-order valence-corrected chi connectivity index (χ4v) is 3.31. The highest BCUT2D eigenvalue weighted by Crippen LogP contribution is 2.26. The van der Waals surface area contributed by atoms with E-state index in [1.807, 2.05) is 43.3 Å². The van der Waals surface area contributed by atoms with E-state index in [1.54, 1.807) is 24.1 Å². The monoisotopic (exact) mass is 416 g/mol. The number of likely N-dealkylation sites (N-methyl/N-ethyl adjacent to an activating group) is 1. The van der Waals surface area contributed by atoms with Crippen molar-refractivity contribution in [1.29, 1.82) is 0 Å². The number of nitrogens with one attached hydrogen (secondary N) is 1. The molecule has 1 N–H and O–H groups in total. The Morgan fingerprint density at radius 2 is 1.76 bits per heavy atom. The molecule has 0 saturated carbocycles. The van der Waals surface area contributed by atoms with Gasteiger partial charge in [-0.2, -0.15) is 0 Å². The summed E-state index contributed by atoms with van der Waals surface area (Å²) < 4.78 is 5.86. The summed E-state index contributed by atoms with van der Waals surface area (Å²) in [7, 11) is 1.57. The lowest BCUT2D eigenvalue weighted by atomic mass is 10.0. The van der Waals surface area contributed by atoms with E-state index in [1.165, 1.54) is 0 Å². The maximum atomic E-state index is 13.1. The molecule has 0 heterocycles. The van der Waals surface area contributed by atoms with Gasteiger partial charge in [-0.15, -0.1) is 0 Å². The molecule has 1 atom stereocenters. The Bertz CT molecular complexity index is 821. The number of halogens is 1. The summed E-state index contributed by atoms with van der Waals surface area (Å²) >= 11 is 5.97.